The van der Waals surface area contributed by atoms with Crippen LogP contribution in [0.1, 0.15) is 33.4 Å². The van der Waals surface area contributed by atoms with Crippen molar-refractivity contribution in [2.75, 3.05) is 0 Å². The molecular formula is C36H26N4O. The highest BCUT2D eigenvalue weighted by atomic mass is 16.4. The van der Waals surface area contributed by atoms with Crippen molar-refractivity contribution in [3.8, 4) is 34.6 Å². The summed E-state index contributed by atoms with van der Waals surface area (Å²) in [6.07, 6.45) is 3.78. The number of fused-ring (bicyclic) bond motifs is 1. The largest absolute Gasteiger partial charge is 0.436 e. The van der Waals surface area contributed by atoms with Gasteiger partial charge >= 0.3 is 0 Å². The first kappa shape index (κ1) is 25.6. The van der Waals surface area contributed by atoms with Crippen molar-refractivity contribution < 1.29 is 4.42 Å². The standard InChI is InChI=1S/C36H26N4O/c1-24-11-15-26(16-12-24)34-32(20-38)36(41-35(34)27-17-13-25(2)14-18-27)39-21-30-23-40(33-10-6-5-9-31(30)33)22-29-8-4-3-7-28(29)19-37/h3-18,21,23H,22H2,1-2H3. The Morgan fingerprint density at radius 2 is 1.44 bits per heavy atom. The molecule has 5 heteroatoms. The van der Waals surface area contributed by atoms with E-state index in [4.69, 9.17) is 9.41 Å². The van der Waals surface area contributed by atoms with Gasteiger partial charge in [-0.2, -0.15) is 10.5 Å². The number of nitriles is 2. The lowest BCUT2D eigenvalue weighted by atomic mass is 9.97. The Morgan fingerprint density at radius 1 is 0.780 bits per heavy atom. The minimum atomic E-state index is 0.269. The molecule has 0 fully saturated rings. The fourth-order valence-corrected chi connectivity index (χ4v) is 5.11. The highest BCUT2D eigenvalue weighted by molar-refractivity contribution is 6.00. The summed E-state index contributed by atoms with van der Waals surface area (Å²) in [4.78, 5) is 4.74. The molecule has 0 unspecified atom stereocenters. The van der Waals surface area contributed by atoms with Gasteiger partial charge < -0.3 is 8.98 Å². The minimum Gasteiger partial charge on any atom is -0.436 e. The predicted octanol–water partition coefficient (Wildman–Crippen LogP) is 8.73. The Morgan fingerprint density at radius 3 is 2.15 bits per heavy atom. The van der Waals surface area contributed by atoms with Gasteiger partial charge in [0.25, 0.3) is 0 Å². The lowest BCUT2D eigenvalue weighted by Gasteiger charge is -2.07. The molecule has 2 heterocycles. The first-order chi connectivity index (χ1) is 20.1. The number of hydrogen-bond donors (Lipinski definition) is 0. The summed E-state index contributed by atoms with van der Waals surface area (Å²) < 4.78 is 8.47. The third kappa shape index (κ3) is 4.93. The van der Waals surface area contributed by atoms with E-state index in [1.54, 1.807) is 6.21 Å². The molecule has 0 spiro atoms. The maximum absolute atomic E-state index is 10.3. The molecule has 6 rings (SSSR count). The van der Waals surface area contributed by atoms with Gasteiger partial charge in [-0.15, -0.1) is 0 Å². The second kappa shape index (κ2) is 10.8. The van der Waals surface area contributed by atoms with Crippen LogP contribution in [0.3, 0.4) is 0 Å². The van der Waals surface area contributed by atoms with E-state index < -0.39 is 0 Å². The molecule has 0 aliphatic rings. The molecule has 41 heavy (non-hydrogen) atoms. The normalized spacial score (nSPS) is 11.1. The molecule has 0 aliphatic heterocycles. The van der Waals surface area contributed by atoms with Crippen LogP contribution < -0.4 is 0 Å². The summed E-state index contributed by atoms with van der Waals surface area (Å²) >= 11 is 0. The van der Waals surface area contributed by atoms with Crippen LogP contribution in [0.2, 0.25) is 0 Å². The fraction of sp³-hybridized carbons (Fsp3) is 0.0833. The summed E-state index contributed by atoms with van der Waals surface area (Å²) in [7, 11) is 0. The SMILES string of the molecule is Cc1ccc(-c2oc(N=Cc3cn(Cc4ccccc4C#N)c4ccccc34)c(C#N)c2-c2ccc(C)cc2)cc1. The highest BCUT2D eigenvalue weighted by Gasteiger charge is 2.23. The number of aryl methyl sites for hydroxylation is 2. The zero-order valence-corrected chi connectivity index (χ0v) is 22.8. The second-order valence-corrected chi connectivity index (χ2v) is 10.1. The molecule has 0 saturated heterocycles. The lowest BCUT2D eigenvalue weighted by molar-refractivity contribution is 0.593. The molecule has 0 aliphatic carbocycles. The van der Waals surface area contributed by atoms with Crippen molar-refractivity contribution in [2.24, 2.45) is 4.99 Å². The predicted molar refractivity (Wildman–Crippen MR) is 163 cm³/mol. The Kier molecular flexibility index (Phi) is 6.78. The molecule has 0 saturated carbocycles. The number of hydrogen-bond acceptors (Lipinski definition) is 4. The molecule has 5 nitrogen and oxygen atoms in total. The van der Waals surface area contributed by atoms with Crippen molar-refractivity contribution in [1.29, 1.82) is 10.5 Å². The molecule has 2 aromatic heterocycles. The van der Waals surface area contributed by atoms with Gasteiger partial charge in [0.1, 0.15) is 17.4 Å². The Hall–Kier alpha value is -5.65. The van der Waals surface area contributed by atoms with E-state index in [9.17, 15) is 10.5 Å². The van der Waals surface area contributed by atoms with Crippen molar-refractivity contribution >= 4 is 23.0 Å². The molecule has 196 valence electrons. The fourth-order valence-electron chi connectivity index (χ4n) is 5.11. The average molecular weight is 531 g/mol. The maximum atomic E-state index is 10.3. The van der Waals surface area contributed by atoms with E-state index in [1.165, 1.54) is 0 Å². The molecule has 0 bridgehead atoms. The zero-order chi connectivity index (χ0) is 28.3. The van der Waals surface area contributed by atoms with Crippen LogP contribution in [0.25, 0.3) is 33.4 Å². The molecule has 0 N–H and O–H groups in total. The smallest absolute Gasteiger partial charge is 0.238 e. The minimum absolute atomic E-state index is 0.269. The second-order valence-electron chi connectivity index (χ2n) is 10.1. The van der Waals surface area contributed by atoms with Crippen LogP contribution >= 0.6 is 0 Å². The van der Waals surface area contributed by atoms with E-state index in [-0.39, 0.29) is 5.88 Å². The molecule has 6 aromatic rings. The van der Waals surface area contributed by atoms with Crippen molar-refractivity contribution in [1.82, 2.24) is 4.57 Å². The molecule has 0 amide bonds. The Labute approximate surface area is 238 Å². The van der Waals surface area contributed by atoms with Gasteiger partial charge in [-0.05, 0) is 37.1 Å². The first-order valence-corrected chi connectivity index (χ1v) is 13.4. The van der Waals surface area contributed by atoms with Crippen molar-refractivity contribution in [2.45, 2.75) is 20.4 Å². The van der Waals surface area contributed by atoms with Gasteiger partial charge in [-0.1, -0.05) is 96.1 Å². The summed E-state index contributed by atoms with van der Waals surface area (Å²) in [6.45, 7) is 4.63. The average Bonchev–Trinajstić information content (AvgIpc) is 3.55. The van der Waals surface area contributed by atoms with Crippen LogP contribution in [0.15, 0.2) is 113 Å². The van der Waals surface area contributed by atoms with E-state index in [2.05, 4.69) is 22.8 Å². The van der Waals surface area contributed by atoms with Crippen LogP contribution in [0, 0.1) is 36.5 Å². The molecule has 0 atom stereocenters. The summed E-state index contributed by atoms with van der Waals surface area (Å²) in [5, 5.41) is 20.9. The van der Waals surface area contributed by atoms with E-state index in [1.807, 2.05) is 111 Å². The summed E-state index contributed by atoms with van der Waals surface area (Å²) in [6, 6.07) is 36.5. The number of furan rings is 1. The number of para-hydroxylation sites is 1. The summed E-state index contributed by atoms with van der Waals surface area (Å²) in [5.41, 5.74) is 8.73. The van der Waals surface area contributed by atoms with Gasteiger partial charge in [0, 0.05) is 46.5 Å². The monoisotopic (exact) mass is 530 g/mol. The lowest BCUT2D eigenvalue weighted by Crippen LogP contribution is -2.00. The third-order valence-corrected chi connectivity index (χ3v) is 7.27. The van der Waals surface area contributed by atoms with Gasteiger partial charge in [-0.25, -0.2) is 4.99 Å². The number of rotatable bonds is 6. The number of benzene rings is 4. The molecule has 0 radical (unpaired) electrons. The highest BCUT2D eigenvalue weighted by Crippen LogP contribution is 2.42. The zero-order valence-electron chi connectivity index (χ0n) is 22.8. The molecular weight excluding hydrogens is 504 g/mol. The van der Waals surface area contributed by atoms with Crippen LogP contribution in [0.5, 0.6) is 0 Å². The number of aromatic nitrogens is 1. The third-order valence-electron chi connectivity index (χ3n) is 7.27. The van der Waals surface area contributed by atoms with Crippen molar-refractivity contribution in [3.05, 3.63) is 137 Å². The first-order valence-electron chi connectivity index (χ1n) is 13.4. The van der Waals surface area contributed by atoms with Crippen LogP contribution in [0.4, 0.5) is 5.88 Å². The van der Waals surface area contributed by atoms with Gasteiger partial charge in [0.2, 0.25) is 5.88 Å². The van der Waals surface area contributed by atoms with Crippen molar-refractivity contribution in [3.63, 3.8) is 0 Å². The molecule has 4 aromatic carbocycles. The Balaban J connectivity index is 1.46. The topological polar surface area (TPSA) is 78.0 Å². The maximum Gasteiger partial charge on any atom is 0.238 e. The number of aliphatic imine (C=N–C) groups is 1. The quantitative estimate of drug-likeness (QED) is 0.202. The van der Waals surface area contributed by atoms with E-state index >= 15 is 0 Å². The van der Waals surface area contributed by atoms with E-state index in [0.717, 1.165) is 49.8 Å². The summed E-state index contributed by atoms with van der Waals surface area (Å²) in [5.74, 6) is 0.887. The van der Waals surface area contributed by atoms with Gasteiger partial charge in [0.05, 0.1) is 11.6 Å². The van der Waals surface area contributed by atoms with Crippen LogP contribution in [-0.2, 0) is 6.54 Å². The number of nitrogens with zero attached hydrogens (tertiary/aromatic N) is 4. The van der Waals surface area contributed by atoms with Crippen LogP contribution in [-0.4, -0.2) is 10.8 Å². The van der Waals surface area contributed by atoms with Gasteiger partial charge in [-0.3, -0.25) is 0 Å². The van der Waals surface area contributed by atoms with E-state index in [0.29, 0.717) is 23.4 Å². The Bertz CT molecular complexity index is 1990. The van der Waals surface area contributed by atoms with Gasteiger partial charge in [0.15, 0.2) is 0 Å².